The molecular weight excluding hydrogens is 421 g/mol. The van der Waals surface area contributed by atoms with Crippen LogP contribution in [0.1, 0.15) is 36.5 Å². The van der Waals surface area contributed by atoms with E-state index in [1.807, 2.05) is 25.1 Å². The second kappa shape index (κ2) is 7.83. The largest absolute Gasteiger partial charge is 0.377 e. The summed E-state index contributed by atoms with van der Waals surface area (Å²) in [6.45, 7) is 3.00. The summed E-state index contributed by atoms with van der Waals surface area (Å²) in [5, 5.41) is -0.673. The lowest BCUT2D eigenvalue weighted by Gasteiger charge is -2.34. The molecule has 3 aromatic rings. The van der Waals surface area contributed by atoms with Crippen LogP contribution in [-0.2, 0) is 21.2 Å². The van der Waals surface area contributed by atoms with Crippen LogP contribution in [0.25, 0.3) is 17.0 Å². The highest BCUT2D eigenvalue weighted by Crippen LogP contribution is 2.36. The Morgan fingerprint density at radius 1 is 1.23 bits per heavy atom. The molecule has 2 aromatic heterocycles. The van der Waals surface area contributed by atoms with Crippen molar-refractivity contribution in [2.45, 2.75) is 37.7 Å². The predicted molar refractivity (Wildman–Crippen MR) is 115 cm³/mol. The van der Waals surface area contributed by atoms with E-state index in [-0.39, 0.29) is 23.6 Å². The summed E-state index contributed by atoms with van der Waals surface area (Å²) in [7, 11) is -3.28. The van der Waals surface area contributed by atoms with E-state index in [0.717, 1.165) is 0 Å². The van der Waals surface area contributed by atoms with E-state index in [0.29, 0.717) is 55.1 Å². The van der Waals surface area contributed by atoms with Crippen LogP contribution >= 0.6 is 0 Å². The monoisotopic (exact) mass is 445 g/mol. The lowest BCUT2D eigenvalue weighted by atomic mass is 10.2. The predicted octanol–water partition coefficient (Wildman–Crippen LogP) is 2.76. The number of imidazole rings is 1. The Balaban J connectivity index is 1.72. The molecule has 0 unspecified atom stereocenters. The van der Waals surface area contributed by atoms with Gasteiger partial charge in [-0.15, -0.1) is 0 Å². The van der Waals surface area contributed by atoms with E-state index in [9.17, 15) is 12.8 Å². The van der Waals surface area contributed by atoms with Gasteiger partial charge in [0.1, 0.15) is 23.6 Å². The van der Waals surface area contributed by atoms with Crippen molar-refractivity contribution >= 4 is 26.7 Å². The minimum Gasteiger partial charge on any atom is -0.377 e. The van der Waals surface area contributed by atoms with E-state index in [4.69, 9.17) is 9.72 Å². The summed E-state index contributed by atoms with van der Waals surface area (Å²) >= 11 is 0. The molecule has 2 atom stereocenters. The zero-order chi connectivity index (χ0) is 21.6. The minimum absolute atomic E-state index is 0.0738. The molecule has 8 nitrogen and oxygen atoms in total. The van der Waals surface area contributed by atoms with E-state index in [2.05, 4.69) is 14.9 Å². The van der Waals surface area contributed by atoms with Crippen molar-refractivity contribution in [1.82, 2.24) is 19.5 Å². The number of ether oxygens (including phenoxy) is 1. The highest BCUT2D eigenvalue weighted by molar-refractivity contribution is 7.91. The number of fused-ring (bicyclic) bond motifs is 1. The maximum Gasteiger partial charge on any atom is 0.237 e. The molecule has 164 valence electrons. The van der Waals surface area contributed by atoms with E-state index < -0.39 is 21.8 Å². The Hall–Kier alpha value is -2.59. The number of morpholine rings is 1. The van der Waals surface area contributed by atoms with Gasteiger partial charge in [-0.3, -0.25) is 4.57 Å². The highest BCUT2D eigenvalue weighted by atomic mass is 32.2. The van der Waals surface area contributed by atoms with Crippen LogP contribution in [0.4, 0.5) is 10.2 Å². The maximum atomic E-state index is 13.9. The number of alkyl halides is 1. The van der Waals surface area contributed by atoms with Crippen LogP contribution < -0.4 is 4.90 Å². The van der Waals surface area contributed by atoms with Crippen LogP contribution in [0.2, 0.25) is 0 Å². The average Bonchev–Trinajstić information content (AvgIpc) is 3.32. The van der Waals surface area contributed by atoms with Crippen molar-refractivity contribution in [3.8, 4) is 5.95 Å². The first kappa shape index (κ1) is 20.3. The highest BCUT2D eigenvalue weighted by Gasteiger charge is 2.35. The van der Waals surface area contributed by atoms with Gasteiger partial charge in [-0.05, 0) is 31.9 Å². The first-order valence-electron chi connectivity index (χ1n) is 10.5. The van der Waals surface area contributed by atoms with Gasteiger partial charge >= 0.3 is 0 Å². The Labute approximate surface area is 180 Å². The number of nitrogens with zero attached hydrogens (tertiary/aromatic N) is 5. The Morgan fingerprint density at radius 3 is 2.81 bits per heavy atom. The molecule has 0 spiro atoms. The zero-order valence-corrected chi connectivity index (χ0v) is 18.1. The number of hydrogen-bond acceptors (Lipinski definition) is 7. The molecule has 0 bridgehead atoms. The topological polar surface area (TPSA) is 90.2 Å². The summed E-state index contributed by atoms with van der Waals surface area (Å²) in [4.78, 5) is 15.9. The van der Waals surface area contributed by atoms with Crippen LogP contribution in [-0.4, -0.2) is 59.5 Å². The molecule has 4 heterocycles. The second-order valence-corrected chi connectivity index (χ2v) is 10.4. The number of para-hydroxylation sites is 2. The van der Waals surface area contributed by atoms with Gasteiger partial charge < -0.3 is 9.64 Å². The number of sulfone groups is 1. The summed E-state index contributed by atoms with van der Waals surface area (Å²) < 4.78 is 46.4. The molecule has 2 aliphatic heterocycles. The molecule has 2 aliphatic rings. The molecule has 0 aliphatic carbocycles. The number of benzene rings is 1. The number of hydrogen-bond donors (Lipinski definition) is 0. The van der Waals surface area contributed by atoms with Crippen molar-refractivity contribution < 1.29 is 17.5 Å². The van der Waals surface area contributed by atoms with Gasteiger partial charge in [-0.2, -0.15) is 4.98 Å². The molecule has 31 heavy (non-hydrogen) atoms. The van der Waals surface area contributed by atoms with E-state index >= 15 is 0 Å². The minimum atomic E-state index is -3.28. The Kier molecular flexibility index (Phi) is 5.13. The molecule has 1 aromatic carbocycles. The quantitative estimate of drug-likeness (QED) is 0.610. The third-order valence-electron chi connectivity index (χ3n) is 5.99. The molecule has 0 saturated carbocycles. The summed E-state index contributed by atoms with van der Waals surface area (Å²) in [6, 6.07) is 9.17. The zero-order valence-electron chi connectivity index (χ0n) is 17.2. The standard InChI is InChI=1S/C21H24FN5O3S/c1-14-13-30-9-8-26(14)19-11-16(18-7-4-10-31(18,28)29)24-21(25-19)27-17-6-3-2-5-15(17)23-20(27)12-22/h2-3,5-6,11,14,18H,4,7-10,12-13H2,1H3/t14-,18-/m1/s1. The van der Waals surface area contributed by atoms with Gasteiger partial charge in [0.2, 0.25) is 5.95 Å². The molecule has 10 heteroatoms. The van der Waals surface area contributed by atoms with Gasteiger partial charge in [-0.1, -0.05) is 12.1 Å². The van der Waals surface area contributed by atoms with Gasteiger partial charge in [0.25, 0.3) is 0 Å². The number of halogens is 1. The van der Waals surface area contributed by atoms with Crippen molar-refractivity contribution in [2.24, 2.45) is 0 Å². The molecule has 0 amide bonds. The lowest BCUT2D eigenvalue weighted by molar-refractivity contribution is 0.0985. The summed E-state index contributed by atoms with van der Waals surface area (Å²) in [5.41, 5.74) is 1.78. The van der Waals surface area contributed by atoms with Crippen molar-refractivity contribution in [3.63, 3.8) is 0 Å². The molecule has 5 rings (SSSR count). The first-order valence-corrected chi connectivity index (χ1v) is 12.2. The van der Waals surface area contributed by atoms with Crippen molar-refractivity contribution in [2.75, 3.05) is 30.4 Å². The van der Waals surface area contributed by atoms with Crippen molar-refractivity contribution in [3.05, 3.63) is 41.9 Å². The van der Waals surface area contributed by atoms with Crippen LogP contribution in [0.3, 0.4) is 0 Å². The fraction of sp³-hybridized carbons (Fsp3) is 0.476. The second-order valence-electron chi connectivity index (χ2n) is 8.05. The lowest BCUT2D eigenvalue weighted by Crippen LogP contribution is -2.44. The molecule has 2 fully saturated rings. The Morgan fingerprint density at radius 2 is 2.06 bits per heavy atom. The average molecular weight is 446 g/mol. The fourth-order valence-electron chi connectivity index (χ4n) is 4.43. The summed E-state index contributed by atoms with van der Waals surface area (Å²) in [5.74, 6) is 1.22. The van der Waals surface area contributed by atoms with Gasteiger partial charge in [0.05, 0.1) is 41.7 Å². The number of aromatic nitrogens is 4. The smallest absolute Gasteiger partial charge is 0.237 e. The van der Waals surface area contributed by atoms with Crippen LogP contribution in [0, 0.1) is 0 Å². The van der Waals surface area contributed by atoms with Crippen LogP contribution in [0.5, 0.6) is 0 Å². The third-order valence-corrected chi connectivity index (χ3v) is 8.19. The van der Waals surface area contributed by atoms with Gasteiger partial charge in [0.15, 0.2) is 9.84 Å². The third kappa shape index (κ3) is 3.57. The normalized spacial score (nSPS) is 23.5. The number of anilines is 1. The van der Waals surface area contributed by atoms with E-state index in [1.165, 1.54) is 0 Å². The Bertz CT molecular complexity index is 1230. The fourth-order valence-corrected chi connectivity index (χ4v) is 6.30. The maximum absolute atomic E-state index is 13.9. The van der Waals surface area contributed by atoms with Crippen LogP contribution in [0.15, 0.2) is 30.3 Å². The van der Waals surface area contributed by atoms with Gasteiger partial charge in [0, 0.05) is 12.6 Å². The number of rotatable bonds is 4. The van der Waals surface area contributed by atoms with E-state index in [1.54, 1.807) is 16.7 Å². The molecule has 0 radical (unpaired) electrons. The molecular formula is C21H24FN5O3S. The van der Waals surface area contributed by atoms with Crippen molar-refractivity contribution in [1.29, 1.82) is 0 Å². The van der Waals surface area contributed by atoms with Gasteiger partial charge in [-0.25, -0.2) is 22.8 Å². The SMILES string of the molecule is C[C@@H]1COCCN1c1cc([C@H]2CCCS2(=O)=O)nc(-n2c(CF)nc3ccccc32)n1. The first-order chi connectivity index (χ1) is 15.0. The molecule has 0 N–H and O–H groups in total. The summed E-state index contributed by atoms with van der Waals surface area (Å²) in [6.07, 6.45) is 1.14. The molecule has 2 saturated heterocycles.